The molecular formula is C19H23N3O2. The maximum atomic E-state index is 12.5. The van der Waals surface area contributed by atoms with Crippen molar-refractivity contribution in [1.82, 2.24) is 9.47 Å². The monoisotopic (exact) mass is 325 g/mol. The third-order valence-electron chi connectivity index (χ3n) is 4.52. The first kappa shape index (κ1) is 16.3. The molecule has 1 saturated heterocycles. The highest BCUT2D eigenvalue weighted by atomic mass is 16.2. The molecule has 0 aliphatic carbocycles. The van der Waals surface area contributed by atoms with Crippen LogP contribution in [0.5, 0.6) is 0 Å². The van der Waals surface area contributed by atoms with E-state index < -0.39 is 0 Å². The number of rotatable bonds is 3. The molecule has 24 heavy (non-hydrogen) atoms. The number of nitrogens with zero attached hydrogens (tertiary/aromatic N) is 3. The van der Waals surface area contributed by atoms with Crippen LogP contribution in [0.1, 0.15) is 11.1 Å². The highest BCUT2D eigenvalue weighted by Gasteiger charge is 2.21. The topological polar surface area (TPSA) is 45.5 Å². The molecule has 1 fully saturated rings. The van der Waals surface area contributed by atoms with Crippen molar-refractivity contribution in [1.29, 1.82) is 0 Å². The average Bonchev–Trinajstić information content (AvgIpc) is 2.59. The Morgan fingerprint density at radius 2 is 1.79 bits per heavy atom. The number of amides is 1. The fourth-order valence-electron chi connectivity index (χ4n) is 3.07. The molecule has 3 rings (SSSR count). The van der Waals surface area contributed by atoms with Crippen LogP contribution in [-0.4, -0.2) is 41.6 Å². The van der Waals surface area contributed by atoms with Crippen LogP contribution >= 0.6 is 0 Å². The maximum absolute atomic E-state index is 12.5. The standard InChI is InChI=1S/C19H23N3O2/c1-15-5-3-7-17(13-15)20-9-11-21(12-10-20)18(23)14-22-8-4-6-16(2)19(22)24/h3-8,13H,9-12,14H2,1-2H3. The Morgan fingerprint density at radius 1 is 1.04 bits per heavy atom. The molecule has 1 aliphatic rings. The molecular weight excluding hydrogens is 302 g/mol. The van der Waals surface area contributed by atoms with Crippen molar-refractivity contribution in [3.05, 3.63) is 64.1 Å². The second kappa shape index (κ2) is 6.91. The zero-order valence-corrected chi connectivity index (χ0v) is 14.2. The number of hydrogen-bond donors (Lipinski definition) is 0. The van der Waals surface area contributed by atoms with Crippen molar-refractivity contribution < 1.29 is 4.79 Å². The second-order valence-electron chi connectivity index (χ2n) is 6.33. The van der Waals surface area contributed by atoms with Gasteiger partial charge in [0.2, 0.25) is 5.91 Å². The molecule has 0 atom stereocenters. The molecule has 0 spiro atoms. The number of aryl methyl sites for hydroxylation is 2. The van der Waals surface area contributed by atoms with Crippen molar-refractivity contribution >= 4 is 11.6 Å². The third kappa shape index (κ3) is 3.50. The molecule has 2 heterocycles. The van der Waals surface area contributed by atoms with E-state index in [2.05, 4.69) is 36.1 Å². The summed E-state index contributed by atoms with van der Waals surface area (Å²) in [4.78, 5) is 28.7. The molecule has 2 aromatic rings. The van der Waals surface area contributed by atoms with Gasteiger partial charge < -0.3 is 14.4 Å². The smallest absolute Gasteiger partial charge is 0.253 e. The molecule has 0 radical (unpaired) electrons. The normalized spacial score (nSPS) is 14.8. The largest absolute Gasteiger partial charge is 0.368 e. The first-order valence-electron chi connectivity index (χ1n) is 8.30. The van der Waals surface area contributed by atoms with Crippen LogP contribution in [0, 0.1) is 13.8 Å². The number of hydrogen-bond acceptors (Lipinski definition) is 3. The van der Waals surface area contributed by atoms with Gasteiger partial charge in [0.1, 0.15) is 6.54 Å². The zero-order chi connectivity index (χ0) is 17.1. The van der Waals surface area contributed by atoms with Gasteiger partial charge in [-0.05, 0) is 37.6 Å². The number of piperazine rings is 1. The lowest BCUT2D eigenvalue weighted by Gasteiger charge is -2.36. The van der Waals surface area contributed by atoms with Crippen molar-refractivity contribution in [2.24, 2.45) is 0 Å². The Labute approximate surface area is 142 Å². The summed E-state index contributed by atoms with van der Waals surface area (Å²) in [5.74, 6) is 0.00610. The molecule has 5 heteroatoms. The number of pyridine rings is 1. The molecule has 0 bridgehead atoms. The maximum Gasteiger partial charge on any atom is 0.253 e. The van der Waals surface area contributed by atoms with Crippen molar-refractivity contribution in [2.45, 2.75) is 20.4 Å². The Bertz CT molecular complexity index is 789. The van der Waals surface area contributed by atoms with Gasteiger partial charge in [0.25, 0.3) is 5.56 Å². The Hall–Kier alpha value is -2.56. The van der Waals surface area contributed by atoms with Gasteiger partial charge in [-0.25, -0.2) is 0 Å². The van der Waals surface area contributed by atoms with Gasteiger partial charge in [-0.3, -0.25) is 9.59 Å². The number of carbonyl (C=O) groups excluding carboxylic acids is 1. The summed E-state index contributed by atoms with van der Waals surface area (Å²) in [6.07, 6.45) is 1.68. The molecule has 1 aromatic heterocycles. The lowest BCUT2D eigenvalue weighted by atomic mass is 10.2. The van der Waals surface area contributed by atoms with Crippen LogP contribution in [0.4, 0.5) is 5.69 Å². The minimum atomic E-state index is -0.0933. The van der Waals surface area contributed by atoms with Gasteiger partial charge in [0.15, 0.2) is 0 Å². The molecule has 5 nitrogen and oxygen atoms in total. The summed E-state index contributed by atoms with van der Waals surface area (Å²) >= 11 is 0. The van der Waals surface area contributed by atoms with Gasteiger partial charge in [-0.2, -0.15) is 0 Å². The minimum absolute atomic E-state index is 0.00610. The minimum Gasteiger partial charge on any atom is -0.368 e. The van der Waals surface area contributed by atoms with Crippen LogP contribution < -0.4 is 10.5 Å². The van der Waals surface area contributed by atoms with E-state index in [1.54, 1.807) is 25.3 Å². The van der Waals surface area contributed by atoms with Crippen molar-refractivity contribution in [2.75, 3.05) is 31.1 Å². The summed E-state index contributed by atoms with van der Waals surface area (Å²) in [6.45, 7) is 6.98. The molecule has 0 saturated carbocycles. The second-order valence-corrected chi connectivity index (χ2v) is 6.33. The Balaban J connectivity index is 1.61. The van der Waals surface area contributed by atoms with E-state index >= 15 is 0 Å². The quantitative estimate of drug-likeness (QED) is 0.865. The fraction of sp³-hybridized carbons (Fsp3) is 0.368. The van der Waals surface area contributed by atoms with Gasteiger partial charge >= 0.3 is 0 Å². The summed E-state index contributed by atoms with van der Waals surface area (Å²) in [6, 6.07) is 12.0. The number of anilines is 1. The lowest BCUT2D eigenvalue weighted by Crippen LogP contribution is -2.50. The predicted octanol–water partition coefficient (Wildman–Crippen LogP) is 1.81. The van der Waals surface area contributed by atoms with E-state index in [0.717, 1.165) is 13.1 Å². The van der Waals surface area contributed by atoms with Crippen LogP contribution in [0.25, 0.3) is 0 Å². The Kier molecular flexibility index (Phi) is 4.69. The van der Waals surface area contributed by atoms with Crippen LogP contribution in [0.15, 0.2) is 47.4 Å². The van der Waals surface area contributed by atoms with E-state index in [4.69, 9.17) is 0 Å². The van der Waals surface area contributed by atoms with Gasteiger partial charge in [-0.1, -0.05) is 18.2 Å². The highest BCUT2D eigenvalue weighted by Crippen LogP contribution is 2.17. The van der Waals surface area contributed by atoms with Gasteiger partial charge in [0.05, 0.1) is 0 Å². The molecule has 1 aliphatic heterocycles. The van der Waals surface area contributed by atoms with Crippen LogP contribution in [0.3, 0.4) is 0 Å². The molecule has 0 N–H and O–H groups in total. The SMILES string of the molecule is Cc1cccc(N2CCN(C(=O)Cn3cccc(C)c3=O)CC2)c1. The van der Waals surface area contributed by atoms with Gasteiger partial charge in [0, 0.05) is 43.6 Å². The average molecular weight is 325 g/mol. The van der Waals surface area contributed by atoms with E-state index in [0.29, 0.717) is 18.7 Å². The molecule has 0 unspecified atom stereocenters. The third-order valence-corrected chi connectivity index (χ3v) is 4.52. The fourth-order valence-corrected chi connectivity index (χ4v) is 3.07. The summed E-state index contributed by atoms with van der Waals surface area (Å²) in [7, 11) is 0. The van der Waals surface area contributed by atoms with E-state index in [1.165, 1.54) is 15.8 Å². The summed E-state index contributed by atoms with van der Waals surface area (Å²) in [5, 5.41) is 0. The first-order valence-corrected chi connectivity index (χ1v) is 8.30. The zero-order valence-electron chi connectivity index (χ0n) is 14.2. The number of benzene rings is 1. The molecule has 1 amide bonds. The Morgan fingerprint density at radius 3 is 2.50 bits per heavy atom. The van der Waals surface area contributed by atoms with E-state index in [1.807, 2.05) is 4.90 Å². The number of carbonyl (C=O) groups is 1. The predicted molar refractivity (Wildman–Crippen MR) is 95.4 cm³/mol. The van der Waals surface area contributed by atoms with Crippen LogP contribution in [0.2, 0.25) is 0 Å². The highest BCUT2D eigenvalue weighted by molar-refractivity contribution is 5.76. The molecule has 126 valence electrons. The van der Waals surface area contributed by atoms with Crippen LogP contribution in [-0.2, 0) is 11.3 Å². The van der Waals surface area contributed by atoms with Crippen molar-refractivity contribution in [3.63, 3.8) is 0 Å². The van der Waals surface area contributed by atoms with E-state index in [9.17, 15) is 9.59 Å². The summed E-state index contributed by atoms with van der Waals surface area (Å²) < 4.78 is 1.49. The van der Waals surface area contributed by atoms with Crippen molar-refractivity contribution in [3.8, 4) is 0 Å². The van der Waals surface area contributed by atoms with E-state index in [-0.39, 0.29) is 18.0 Å². The summed E-state index contributed by atoms with van der Waals surface area (Å²) in [5.41, 5.74) is 3.01. The molecule has 1 aromatic carbocycles. The number of aromatic nitrogens is 1. The lowest BCUT2D eigenvalue weighted by molar-refractivity contribution is -0.132. The van der Waals surface area contributed by atoms with Gasteiger partial charge in [-0.15, -0.1) is 0 Å². The first-order chi connectivity index (χ1) is 11.5.